The zero-order chi connectivity index (χ0) is 19.3. The third-order valence-electron chi connectivity index (χ3n) is 5.45. The predicted octanol–water partition coefficient (Wildman–Crippen LogP) is 3.90. The summed E-state index contributed by atoms with van der Waals surface area (Å²) in [6.07, 6.45) is 3.51. The number of nitrogens with zero attached hydrogens (tertiary/aromatic N) is 6. The second-order valence-electron chi connectivity index (χ2n) is 7.51. The van der Waals surface area contributed by atoms with Crippen molar-refractivity contribution in [2.24, 2.45) is 0 Å². The molecule has 0 amide bonds. The monoisotopic (exact) mass is 372 g/mol. The minimum Gasteiger partial charge on any atom is -0.361 e. The van der Waals surface area contributed by atoms with Crippen LogP contribution in [0.5, 0.6) is 0 Å². The van der Waals surface area contributed by atoms with Crippen LogP contribution in [0.2, 0.25) is 0 Å². The molecule has 0 N–H and O–H groups in total. The second kappa shape index (κ2) is 6.43. The van der Waals surface area contributed by atoms with Gasteiger partial charge in [-0.25, -0.2) is 9.83 Å². The molecule has 0 unspecified atom stereocenters. The topological polar surface area (TPSA) is 64.3 Å². The Balaban J connectivity index is 1.76. The predicted molar refractivity (Wildman–Crippen MR) is 106 cm³/mol. The number of imidazole rings is 1. The third kappa shape index (κ3) is 2.74. The number of aryl methyl sites for hydroxylation is 1. The van der Waals surface area contributed by atoms with Gasteiger partial charge in [0.15, 0.2) is 5.69 Å². The molecule has 3 aromatic heterocycles. The fourth-order valence-electron chi connectivity index (χ4n) is 4.19. The van der Waals surface area contributed by atoms with E-state index in [0.717, 1.165) is 58.7 Å². The van der Waals surface area contributed by atoms with Crippen molar-refractivity contribution in [1.29, 1.82) is 0 Å². The maximum atomic E-state index is 7.39. The van der Waals surface area contributed by atoms with Crippen LogP contribution in [0.15, 0.2) is 35.0 Å². The maximum absolute atomic E-state index is 7.39. The zero-order valence-electron chi connectivity index (χ0n) is 15.9. The van der Waals surface area contributed by atoms with E-state index in [9.17, 15) is 0 Å². The molecule has 1 saturated heterocycles. The van der Waals surface area contributed by atoms with Crippen LogP contribution in [0.25, 0.3) is 26.8 Å². The van der Waals surface area contributed by atoms with E-state index in [4.69, 9.17) is 16.1 Å². The highest BCUT2D eigenvalue weighted by Gasteiger charge is 2.27. The average molecular weight is 372 g/mol. The summed E-state index contributed by atoms with van der Waals surface area (Å²) < 4.78 is 7.60. The van der Waals surface area contributed by atoms with E-state index in [0.29, 0.717) is 18.2 Å². The molecular weight excluding hydrogens is 352 g/mol. The van der Waals surface area contributed by atoms with Crippen molar-refractivity contribution in [2.75, 3.05) is 20.1 Å². The molecular formula is C21H20N6O. The molecule has 1 aliphatic rings. The van der Waals surface area contributed by atoms with E-state index in [1.54, 1.807) is 0 Å². The first kappa shape index (κ1) is 16.9. The van der Waals surface area contributed by atoms with Crippen molar-refractivity contribution in [3.63, 3.8) is 0 Å². The van der Waals surface area contributed by atoms with Crippen LogP contribution in [-0.4, -0.2) is 44.7 Å². The summed E-state index contributed by atoms with van der Waals surface area (Å²) in [6.45, 7) is 11.3. The average Bonchev–Trinajstić information content (AvgIpc) is 3.39. The molecule has 0 aliphatic carbocycles. The Morgan fingerprint density at radius 2 is 2.18 bits per heavy atom. The first-order chi connectivity index (χ1) is 13.6. The van der Waals surface area contributed by atoms with Gasteiger partial charge in [-0.05, 0) is 39.1 Å². The normalized spacial score (nSPS) is 17.5. The van der Waals surface area contributed by atoms with E-state index < -0.39 is 0 Å². The van der Waals surface area contributed by atoms with Gasteiger partial charge in [-0.1, -0.05) is 11.2 Å². The lowest BCUT2D eigenvalue weighted by Gasteiger charge is -2.17. The Bertz CT molecular complexity index is 1230. The van der Waals surface area contributed by atoms with Gasteiger partial charge < -0.3 is 14.0 Å². The van der Waals surface area contributed by atoms with Crippen LogP contribution in [0.1, 0.15) is 29.7 Å². The van der Waals surface area contributed by atoms with Gasteiger partial charge in [0, 0.05) is 24.0 Å². The van der Waals surface area contributed by atoms with Gasteiger partial charge in [0.1, 0.15) is 17.1 Å². The van der Waals surface area contributed by atoms with Crippen LogP contribution in [0.3, 0.4) is 0 Å². The summed E-state index contributed by atoms with van der Waals surface area (Å²) in [5, 5.41) is 5.14. The highest BCUT2D eigenvalue weighted by Crippen LogP contribution is 2.33. The molecule has 4 aromatic rings. The quantitative estimate of drug-likeness (QED) is 0.510. The number of hydrogen-bond donors (Lipinski definition) is 0. The minimum atomic E-state index is 0.334. The van der Waals surface area contributed by atoms with Crippen LogP contribution in [0, 0.1) is 13.5 Å². The van der Waals surface area contributed by atoms with E-state index in [2.05, 4.69) is 31.5 Å². The highest BCUT2D eigenvalue weighted by molar-refractivity contribution is 6.03. The van der Waals surface area contributed by atoms with Gasteiger partial charge >= 0.3 is 0 Å². The maximum Gasteiger partial charge on any atom is 0.188 e. The van der Waals surface area contributed by atoms with Gasteiger partial charge in [0.05, 0.1) is 35.9 Å². The summed E-state index contributed by atoms with van der Waals surface area (Å²) in [5.74, 6) is 1.76. The summed E-state index contributed by atoms with van der Waals surface area (Å²) >= 11 is 0. The van der Waals surface area contributed by atoms with E-state index in [-0.39, 0.29) is 0 Å². The molecule has 0 radical (unpaired) electrons. The van der Waals surface area contributed by atoms with Crippen molar-refractivity contribution in [2.45, 2.75) is 25.8 Å². The highest BCUT2D eigenvalue weighted by atomic mass is 16.5. The van der Waals surface area contributed by atoms with Gasteiger partial charge in [0.25, 0.3) is 0 Å². The lowest BCUT2D eigenvalue weighted by molar-refractivity contribution is 0.387. The summed E-state index contributed by atoms with van der Waals surface area (Å²) in [5.41, 5.74) is 4.30. The number of pyridine rings is 1. The Kier molecular flexibility index (Phi) is 3.88. The number of benzene rings is 1. The van der Waals surface area contributed by atoms with Crippen molar-refractivity contribution >= 4 is 27.6 Å². The van der Waals surface area contributed by atoms with E-state index in [1.807, 2.05) is 37.4 Å². The molecule has 1 aromatic carbocycles. The molecule has 28 heavy (non-hydrogen) atoms. The van der Waals surface area contributed by atoms with Gasteiger partial charge in [-0.2, -0.15) is 0 Å². The Hall–Kier alpha value is -3.24. The molecule has 0 saturated carbocycles. The lowest BCUT2D eigenvalue weighted by atomic mass is 10.1. The number of aromatic nitrogens is 4. The van der Waals surface area contributed by atoms with E-state index in [1.165, 1.54) is 0 Å². The second-order valence-corrected chi connectivity index (χ2v) is 7.51. The third-order valence-corrected chi connectivity index (χ3v) is 5.45. The van der Waals surface area contributed by atoms with Crippen molar-refractivity contribution in [3.05, 3.63) is 59.2 Å². The summed E-state index contributed by atoms with van der Waals surface area (Å²) in [7, 11) is 2.15. The summed E-state index contributed by atoms with van der Waals surface area (Å²) in [4.78, 5) is 15.4. The minimum absolute atomic E-state index is 0.334. The van der Waals surface area contributed by atoms with Crippen LogP contribution < -0.4 is 0 Å². The fraction of sp³-hybridized carbons (Fsp3) is 0.333. The molecule has 7 nitrogen and oxygen atoms in total. The largest absolute Gasteiger partial charge is 0.361 e. The Morgan fingerprint density at radius 3 is 2.89 bits per heavy atom. The molecule has 1 atom stereocenters. The summed E-state index contributed by atoms with van der Waals surface area (Å²) in [6, 6.07) is 7.95. The number of rotatable bonds is 3. The number of likely N-dealkylation sites (tertiary alicyclic amines) is 1. The van der Waals surface area contributed by atoms with Crippen LogP contribution >= 0.6 is 0 Å². The number of likely N-dealkylation sites (N-methyl/N-ethyl adjacent to an activating group) is 1. The Labute approximate surface area is 162 Å². The molecule has 5 rings (SSSR count). The fourth-order valence-corrected chi connectivity index (χ4v) is 4.19. The molecule has 1 aliphatic heterocycles. The standard InChI is InChI=1S/C21H20N6O/c1-13-8-15(25-28-13)10-20-24-19-11-23-18-5-4-14(22-2)9-17(18)21(19)27(20)16-6-7-26(3)12-16/h4-5,8-9,11,16H,6-7,10,12H2,1,3H3/t16-/m1/s1. The first-order valence-corrected chi connectivity index (χ1v) is 9.40. The number of fused-ring (bicyclic) bond motifs is 3. The molecule has 140 valence electrons. The van der Waals surface area contributed by atoms with Crippen LogP contribution in [-0.2, 0) is 6.42 Å². The van der Waals surface area contributed by atoms with Gasteiger partial charge in [0.2, 0.25) is 0 Å². The lowest BCUT2D eigenvalue weighted by Crippen LogP contribution is -2.18. The van der Waals surface area contributed by atoms with E-state index >= 15 is 0 Å². The first-order valence-electron chi connectivity index (χ1n) is 9.40. The molecule has 0 bridgehead atoms. The van der Waals surface area contributed by atoms with Crippen molar-refractivity contribution < 1.29 is 4.52 Å². The molecule has 1 fully saturated rings. The number of hydrogen-bond acceptors (Lipinski definition) is 5. The molecule has 7 heteroatoms. The van der Waals surface area contributed by atoms with Crippen molar-refractivity contribution in [1.82, 2.24) is 24.6 Å². The smallest absolute Gasteiger partial charge is 0.188 e. The SMILES string of the molecule is [C-]#[N+]c1ccc2ncc3nc(Cc4cc(C)on4)n([C@@H]4CCN(C)C4)c3c2c1. The van der Waals surface area contributed by atoms with Gasteiger partial charge in [-0.15, -0.1) is 0 Å². The zero-order valence-corrected chi connectivity index (χ0v) is 15.9. The van der Waals surface area contributed by atoms with Crippen LogP contribution in [0.4, 0.5) is 5.69 Å². The van der Waals surface area contributed by atoms with Crippen molar-refractivity contribution in [3.8, 4) is 0 Å². The molecule has 4 heterocycles. The molecule has 0 spiro atoms. The Morgan fingerprint density at radius 1 is 1.29 bits per heavy atom. The van der Waals surface area contributed by atoms with Gasteiger partial charge in [-0.3, -0.25) is 4.98 Å².